The Hall–Kier alpha value is -0.990. The van der Waals surface area contributed by atoms with Crippen LogP contribution >= 0.6 is 23.1 Å². The van der Waals surface area contributed by atoms with Crippen molar-refractivity contribution in [3.05, 3.63) is 20.8 Å². The molecule has 0 aromatic carbocycles. The molecule has 4 rings (SSSR count). The lowest BCUT2D eigenvalue weighted by Gasteiger charge is -2.18. The Morgan fingerprint density at radius 3 is 3.00 bits per heavy atom. The molecule has 2 unspecified atom stereocenters. The fraction of sp³-hybridized carbons (Fsp3) is 0.667. The number of thioether (sulfide) groups is 1. The molecule has 2 aromatic rings. The largest absolute Gasteiger partial charge is 0.376 e. The van der Waals surface area contributed by atoms with Gasteiger partial charge >= 0.3 is 0 Å². The zero-order chi connectivity index (χ0) is 18.3. The average Bonchev–Trinajstić information content (AvgIpc) is 3.22. The maximum Gasteiger partial charge on any atom is 0.263 e. The lowest BCUT2D eigenvalue weighted by molar-refractivity contribution is 0.0937. The van der Waals surface area contributed by atoms with Crippen molar-refractivity contribution < 1.29 is 13.5 Å². The Labute approximate surface area is 158 Å². The van der Waals surface area contributed by atoms with Crippen molar-refractivity contribution >= 4 is 33.3 Å². The Morgan fingerprint density at radius 1 is 1.42 bits per heavy atom. The molecule has 2 aliphatic rings. The van der Waals surface area contributed by atoms with Crippen molar-refractivity contribution in [3.63, 3.8) is 0 Å². The smallest absolute Gasteiger partial charge is 0.263 e. The summed E-state index contributed by atoms with van der Waals surface area (Å²) in [6.07, 6.45) is 2.35. The van der Waals surface area contributed by atoms with Crippen LogP contribution < -0.4 is 5.56 Å². The summed E-state index contributed by atoms with van der Waals surface area (Å²) in [5.41, 5.74) is 1.04. The van der Waals surface area contributed by atoms with Gasteiger partial charge in [-0.2, -0.15) is 0 Å². The second-order valence-corrected chi connectivity index (χ2v) is 9.25. The molecule has 4 nitrogen and oxygen atoms in total. The third-order valence-electron chi connectivity index (χ3n) is 5.13. The van der Waals surface area contributed by atoms with Crippen LogP contribution in [0.4, 0.5) is 8.78 Å². The Balaban J connectivity index is 1.80. The van der Waals surface area contributed by atoms with Gasteiger partial charge in [-0.25, -0.2) is 13.8 Å². The van der Waals surface area contributed by atoms with Gasteiger partial charge in [-0.05, 0) is 43.6 Å². The van der Waals surface area contributed by atoms with Gasteiger partial charge in [-0.1, -0.05) is 18.7 Å². The third kappa shape index (κ3) is 3.55. The number of alkyl halides is 2. The quantitative estimate of drug-likeness (QED) is 0.559. The van der Waals surface area contributed by atoms with Crippen molar-refractivity contribution in [2.45, 2.75) is 63.3 Å². The van der Waals surface area contributed by atoms with Crippen LogP contribution in [0, 0.1) is 5.92 Å². The van der Waals surface area contributed by atoms with E-state index in [-0.39, 0.29) is 17.4 Å². The van der Waals surface area contributed by atoms with Crippen LogP contribution in [0.5, 0.6) is 0 Å². The van der Waals surface area contributed by atoms with E-state index in [9.17, 15) is 13.6 Å². The molecule has 0 amide bonds. The van der Waals surface area contributed by atoms with Crippen molar-refractivity contribution in [2.24, 2.45) is 5.92 Å². The maximum atomic E-state index is 13.3. The van der Waals surface area contributed by atoms with Crippen LogP contribution in [0.15, 0.2) is 9.95 Å². The molecule has 0 saturated carbocycles. The molecule has 1 fully saturated rings. The van der Waals surface area contributed by atoms with Crippen molar-refractivity contribution in [2.75, 3.05) is 12.4 Å². The molecule has 3 heterocycles. The van der Waals surface area contributed by atoms with Crippen molar-refractivity contribution in [1.82, 2.24) is 9.55 Å². The molecule has 2 atom stereocenters. The Kier molecular flexibility index (Phi) is 5.34. The predicted octanol–water partition coefficient (Wildman–Crippen LogP) is 4.12. The fourth-order valence-corrected chi connectivity index (χ4v) is 5.98. The van der Waals surface area contributed by atoms with Crippen molar-refractivity contribution in [1.29, 1.82) is 0 Å². The molecule has 1 saturated heterocycles. The number of hydrogen-bond donors (Lipinski definition) is 0. The number of nitrogens with zero attached hydrogens (tertiary/aromatic N) is 2. The highest BCUT2D eigenvalue weighted by molar-refractivity contribution is 7.99. The number of halogens is 2. The number of aryl methyl sites for hydroxylation is 1. The summed E-state index contributed by atoms with van der Waals surface area (Å²) in [6.45, 7) is 3.31. The molecule has 0 spiro atoms. The first-order valence-corrected chi connectivity index (χ1v) is 10.9. The SMILES string of the molecule is CC1CCc2c(sc3nc(SCC(F)F)n(CC4CCCO4)c(=O)c23)C1. The fourth-order valence-electron chi connectivity index (χ4n) is 3.81. The number of aromatic nitrogens is 2. The summed E-state index contributed by atoms with van der Waals surface area (Å²) in [6, 6.07) is 0. The van der Waals surface area contributed by atoms with Gasteiger partial charge in [0.15, 0.2) is 5.16 Å². The number of ether oxygens (including phenoxy) is 1. The van der Waals surface area contributed by atoms with Crippen LogP contribution in [0.2, 0.25) is 0 Å². The van der Waals surface area contributed by atoms with Gasteiger partial charge in [-0.3, -0.25) is 9.36 Å². The summed E-state index contributed by atoms with van der Waals surface area (Å²) in [4.78, 5) is 19.8. The Bertz CT molecular complexity index is 859. The van der Waals surface area contributed by atoms with E-state index in [0.29, 0.717) is 34.4 Å². The van der Waals surface area contributed by atoms with E-state index in [1.807, 2.05) is 0 Å². The monoisotopic (exact) mass is 400 g/mol. The second-order valence-electron chi connectivity index (χ2n) is 7.18. The Morgan fingerprint density at radius 2 is 2.27 bits per heavy atom. The normalized spacial score (nSPS) is 23.1. The first kappa shape index (κ1) is 18.4. The summed E-state index contributed by atoms with van der Waals surface area (Å²) >= 11 is 2.53. The molecule has 142 valence electrons. The standard InChI is InChI=1S/C18H22F2N2O2S2/c1-10-4-5-12-13(7-10)26-16-15(12)17(23)22(8-11-3-2-6-24-11)18(21-16)25-9-14(19)20/h10-11,14H,2-9H2,1H3. The molecular weight excluding hydrogens is 378 g/mol. The van der Waals surface area contributed by atoms with E-state index < -0.39 is 6.43 Å². The number of thiophene rings is 1. The summed E-state index contributed by atoms with van der Waals surface area (Å²) < 4.78 is 32.7. The van der Waals surface area contributed by atoms with Gasteiger partial charge in [0, 0.05) is 11.5 Å². The highest BCUT2D eigenvalue weighted by atomic mass is 32.2. The van der Waals surface area contributed by atoms with Gasteiger partial charge in [-0.15, -0.1) is 11.3 Å². The van der Waals surface area contributed by atoms with E-state index in [1.165, 1.54) is 4.88 Å². The van der Waals surface area contributed by atoms with Crippen LogP contribution in [-0.2, 0) is 24.1 Å². The molecule has 8 heteroatoms. The van der Waals surface area contributed by atoms with Crippen LogP contribution in [-0.4, -0.2) is 34.4 Å². The third-order valence-corrected chi connectivity index (χ3v) is 7.27. The maximum absolute atomic E-state index is 13.3. The zero-order valence-electron chi connectivity index (χ0n) is 14.7. The second kappa shape index (κ2) is 7.56. The van der Waals surface area contributed by atoms with Gasteiger partial charge in [0.05, 0.1) is 23.8 Å². The average molecular weight is 401 g/mol. The van der Waals surface area contributed by atoms with Crippen molar-refractivity contribution in [3.8, 4) is 0 Å². The van der Waals surface area contributed by atoms with Gasteiger partial charge in [0.1, 0.15) is 4.83 Å². The summed E-state index contributed by atoms with van der Waals surface area (Å²) in [5, 5.41) is 1.10. The minimum atomic E-state index is -2.43. The van der Waals surface area contributed by atoms with Crippen LogP contribution in [0.1, 0.15) is 36.6 Å². The first-order valence-electron chi connectivity index (χ1n) is 9.10. The van der Waals surface area contributed by atoms with Gasteiger partial charge in [0.25, 0.3) is 5.56 Å². The highest BCUT2D eigenvalue weighted by Crippen LogP contribution is 2.36. The molecule has 0 radical (unpaired) electrons. The molecule has 26 heavy (non-hydrogen) atoms. The topological polar surface area (TPSA) is 44.1 Å². The molecular formula is C18H22F2N2O2S2. The lowest BCUT2D eigenvalue weighted by atomic mass is 9.89. The van der Waals surface area contributed by atoms with Gasteiger partial charge < -0.3 is 4.74 Å². The molecule has 0 N–H and O–H groups in total. The van der Waals surface area contributed by atoms with Gasteiger partial charge in [0.2, 0.25) is 6.43 Å². The summed E-state index contributed by atoms with van der Waals surface area (Å²) in [7, 11) is 0. The number of fused-ring (bicyclic) bond motifs is 3. The summed E-state index contributed by atoms with van der Waals surface area (Å²) in [5.74, 6) is 0.253. The van der Waals surface area contributed by atoms with Crippen LogP contribution in [0.3, 0.4) is 0 Å². The number of rotatable bonds is 5. The lowest BCUT2D eigenvalue weighted by Crippen LogP contribution is -2.29. The van der Waals surface area contributed by atoms with E-state index >= 15 is 0 Å². The van der Waals surface area contributed by atoms with Crippen LogP contribution in [0.25, 0.3) is 10.2 Å². The van der Waals surface area contributed by atoms with E-state index in [0.717, 1.165) is 49.4 Å². The minimum absolute atomic E-state index is 0.0349. The highest BCUT2D eigenvalue weighted by Gasteiger charge is 2.26. The molecule has 2 aromatic heterocycles. The molecule has 0 bridgehead atoms. The zero-order valence-corrected chi connectivity index (χ0v) is 16.3. The predicted molar refractivity (Wildman–Crippen MR) is 101 cm³/mol. The molecule has 1 aliphatic heterocycles. The first-order chi connectivity index (χ1) is 12.5. The number of hydrogen-bond acceptors (Lipinski definition) is 5. The van der Waals surface area contributed by atoms with E-state index in [1.54, 1.807) is 15.9 Å². The molecule has 1 aliphatic carbocycles. The van der Waals surface area contributed by atoms with E-state index in [2.05, 4.69) is 11.9 Å². The minimum Gasteiger partial charge on any atom is -0.376 e. The van der Waals surface area contributed by atoms with E-state index in [4.69, 9.17) is 4.74 Å².